The quantitative estimate of drug-likeness (QED) is 0.769. The van der Waals surface area contributed by atoms with Crippen LogP contribution in [0.1, 0.15) is 12.5 Å². The van der Waals surface area contributed by atoms with Gasteiger partial charge >= 0.3 is 0 Å². The molecule has 1 aromatic heterocycles. The molecule has 0 aliphatic carbocycles. The molecule has 1 atom stereocenters. The number of nitrogens with zero attached hydrogens (tertiary/aromatic N) is 3. The third-order valence-corrected chi connectivity index (χ3v) is 4.55. The average Bonchev–Trinajstić information content (AvgIpc) is 2.56. The van der Waals surface area contributed by atoms with Gasteiger partial charge < -0.3 is 14.7 Å². The van der Waals surface area contributed by atoms with Crippen molar-refractivity contribution in [3.63, 3.8) is 0 Å². The summed E-state index contributed by atoms with van der Waals surface area (Å²) < 4.78 is 55.9. The molecule has 0 unspecified atom stereocenters. The van der Waals surface area contributed by atoms with E-state index in [2.05, 4.69) is 9.97 Å². The first-order valence-corrected chi connectivity index (χ1v) is 9.86. The summed E-state index contributed by atoms with van der Waals surface area (Å²) in [5, 5.41) is 9.41. The zero-order chi connectivity index (χ0) is 19.8. The van der Waals surface area contributed by atoms with Crippen molar-refractivity contribution in [3.05, 3.63) is 47.4 Å². The van der Waals surface area contributed by atoms with Crippen LogP contribution in [0.3, 0.4) is 0 Å². The van der Waals surface area contributed by atoms with Crippen LogP contribution < -0.4 is 9.64 Å². The van der Waals surface area contributed by atoms with E-state index in [0.29, 0.717) is 23.2 Å². The maximum Gasteiger partial charge on any atom is 0.248 e. The fourth-order valence-corrected chi connectivity index (χ4v) is 3.11. The molecule has 3 rings (SSSR count). The molecule has 0 spiro atoms. The van der Waals surface area contributed by atoms with Gasteiger partial charge in [-0.2, -0.15) is 0 Å². The highest BCUT2D eigenvalue weighted by atomic mass is 32.2. The molecule has 2 aromatic rings. The third kappa shape index (κ3) is 4.40. The van der Waals surface area contributed by atoms with E-state index in [1.807, 2.05) is 0 Å². The number of aliphatic hydroxyl groups excluding tert-OH is 1. The minimum absolute atomic E-state index is 0.106. The fourth-order valence-electron chi connectivity index (χ4n) is 2.61. The van der Waals surface area contributed by atoms with Crippen LogP contribution in [0, 0.1) is 11.6 Å². The van der Waals surface area contributed by atoms with Crippen molar-refractivity contribution < 1.29 is 27.0 Å². The van der Waals surface area contributed by atoms with Gasteiger partial charge in [-0.15, -0.1) is 0 Å². The molecule has 1 N–H and O–H groups in total. The number of benzene rings is 1. The molecule has 2 heterocycles. The van der Waals surface area contributed by atoms with E-state index in [4.69, 9.17) is 4.74 Å². The highest BCUT2D eigenvalue weighted by molar-refractivity contribution is 7.90. The second kappa shape index (κ2) is 7.20. The van der Waals surface area contributed by atoms with E-state index >= 15 is 0 Å². The summed E-state index contributed by atoms with van der Waals surface area (Å²) in [4.78, 5) is 9.52. The normalized spacial score (nSPS) is 15.1. The van der Waals surface area contributed by atoms with Gasteiger partial charge in [-0.05, 0) is 25.1 Å². The van der Waals surface area contributed by atoms with Crippen LogP contribution in [0.5, 0.6) is 5.75 Å². The molecule has 0 bridgehead atoms. The molecule has 7 nitrogen and oxygen atoms in total. The molecule has 0 amide bonds. The second-order valence-electron chi connectivity index (χ2n) is 6.22. The number of halogens is 2. The minimum Gasteiger partial charge on any atom is -0.457 e. The van der Waals surface area contributed by atoms with Crippen molar-refractivity contribution in [2.24, 2.45) is 0 Å². The Morgan fingerprint density at radius 1 is 1.37 bits per heavy atom. The zero-order valence-corrected chi connectivity index (χ0v) is 15.4. The van der Waals surface area contributed by atoms with Gasteiger partial charge in [0, 0.05) is 30.6 Å². The number of rotatable bonds is 5. The van der Waals surface area contributed by atoms with Gasteiger partial charge in [-0.3, -0.25) is 0 Å². The molecule has 0 saturated carbocycles. The van der Waals surface area contributed by atoms with Crippen molar-refractivity contribution in [2.45, 2.75) is 18.2 Å². The molecule has 1 aromatic carbocycles. The maximum atomic E-state index is 13.9. The highest BCUT2D eigenvalue weighted by Crippen LogP contribution is 2.29. The van der Waals surface area contributed by atoms with E-state index in [9.17, 15) is 22.3 Å². The topological polar surface area (TPSA) is 92.6 Å². The summed E-state index contributed by atoms with van der Waals surface area (Å²) in [6.07, 6.45) is 3.12. The lowest BCUT2D eigenvalue weighted by molar-refractivity contribution is 0.199. The van der Waals surface area contributed by atoms with Crippen LogP contribution in [-0.2, 0) is 9.84 Å². The number of fused-ring (bicyclic) bond motifs is 1. The standard InChI is InChI=1S/C17H17F2N3O4S/c1-10(23)8-22-9-13(26-15-4-3-12(18)6-14(15)19)5-11-7-20-17(21-16(11)22)27(2,24)25/h3-7,10,23H,8-9H2,1-2H3/t10-/m0/s1. The van der Waals surface area contributed by atoms with E-state index in [0.717, 1.165) is 12.3 Å². The summed E-state index contributed by atoms with van der Waals surface area (Å²) >= 11 is 0. The van der Waals surface area contributed by atoms with Gasteiger partial charge in [0.05, 0.1) is 12.6 Å². The predicted molar refractivity (Wildman–Crippen MR) is 94.0 cm³/mol. The monoisotopic (exact) mass is 397 g/mol. The highest BCUT2D eigenvalue weighted by Gasteiger charge is 2.25. The Morgan fingerprint density at radius 3 is 2.74 bits per heavy atom. The van der Waals surface area contributed by atoms with Crippen LogP contribution in [0.25, 0.3) is 6.08 Å². The van der Waals surface area contributed by atoms with Crippen LogP contribution in [-0.4, -0.2) is 48.9 Å². The maximum absolute atomic E-state index is 13.9. The zero-order valence-electron chi connectivity index (χ0n) is 14.6. The Kier molecular flexibility index (Phi) is 5.11. The van der Waals surface area contributed by atoms with Crippen molar-refractivity contribution >= 4 is 21.7 Å². The first-order valence-electron chi connectivity index (χ1n) is 7.97. The first kappa shape index (κ1) is 19.2. The molecule has 10 heteroatoms. The fraction of sp³-hybridized carbons (Fsp3) is 0.294. The molecule has 0 radical (unpaired) electrons. The number of ether oxygens (including phenoxy) is 1. The second-order valence-corrected chi connectivity index (χ2v) is 8.13. The van der Waals surface area contributed by atoms with Gasteiger partial charge in [0.15, 0.2) is 11.6 Å². The van der Waals surface area contributed by atoms with Gasteiger partial charge in [0.1, 0.15) is 17.4 Å². The van der Waals surface area contributed by atoms with Crippen molar-refractivity contribution in [2.75, 3.05) is 24.2 Å². The smallest absolute Gasteiger partial charge is 0.248 e. The Bertz CT molecular complexity index is 1010. The molecular weight excluding hydrogens is 380 g/mol. The lowest BCUT2D eigenvalue weighted by Gasteiger charge is -2.30. The first-order chi connectivity index (χ1) is 12.6. The van der Waals surface area contributed by atoms with Crippen LogP contribution in [0.15, 0.2) is 35.3 Å². The predicted octanol–water partition coefficient (Wildman–Crippen LogP) is 1.78. The molecule has 1 aliphatic rings. The van der Waals surface area contributed by atoms with E-state index in [1.165, 1.54) is 12.3 Å². The van der Waals surface area contributed by atoms with Crippen molar-refractivity contribution in [1.82, 2.24) is 9.97 Å². The summed E-state index contributed by atoms with van der Waals surface area (Å²) in [6, 6.07) is 2.95. The summed E-state index contributed by atoms with van der Waals surface area (Å²) in [6.45, 7) is 1.81. The van der Waals surface area contributed by atoms with Gasteiger partial charge in [-0.1, -0.05) is 0 Å². The van der Waals surface area contributed by atoms with Gasteiger partial charge in [0.25, 0.3) is 0 Å². The third-order valence-electron chi connectivity index (χ3n) is 3.69. The van der Waals surface area contributed by atoms with Gasteiger partial charge in [0.2, 0.25) is 15.0 Å². The number of aromatic nitrogens is 2. The van der Waals surface area contributed by atoms with Crippen LogP contribution in [0.4, 0.5) is 14.6 Å². The number of sulfone groups is 1. The number of aliphatic hydroxyl groups is 1. The van der Waals surface area contributed by atoms with E-state index in [1.54, 1.807) is 17.9 Å². The SMILES string of the molecule is C[C@H](O)CN1CC(Oc2ccc(F)cc2F)=Cc2cnc(S(C)(=O)=O)nc21. The summed E-state index contributed by atoms with van der Waals surface area (Å²) in [5.41, 5.74) is 0.451. The van der Waals surface area contributed by atoms with Crippen molar-refractivity contribution in [1.29, 1.82) is 0 Å². The summed E-state index contributed by atoms with van der Waals surface area (Å²) in [5.74, 6) is -1.10. The Labute approximate surface area is 154 Å². The van der Waals surface area contributed by atoms with E-state index in [-0.39, 0.29) is 24.0 Å². The molecule has 144 valence electrons. The van der Waals surface area contributed by atoms with Crippen LogP contribution >= 0.6 is 0 Å². The Balaban J connectivity index is 1.99. The minimum atomic E-state index is -3.61. The Hall–Kier alpha value is -2.59. The Morgan fingerprint density at radius 2 is 2.11 bits per heavy atom. The summed E-state index contributed by atoms with van der Waals surface area (Å²) in [7, 11) is -3.61. The molecular formula is C17H17F2N3O4S. The average molecular weight is 397 g/mol. The number of hydrogen-bond acceptors (Lipinski definition) is 7. The van der Waals surface area contributed by atoms with Gasteiger partial charge in [-0.25, -0.2) is 27.2 Å². The number of anilines is 1. The molecule has 0 saturated heterocycles. The lowest BCUT2D eigenvalue weighted by Crippen LogP contribution is -2.37. The number of β-amino-alcohol motifs (C(OH)–C–C–N with tert-alkyl or cyclic N) is 1. The largest absolute Gasteiger partial charge is 0.457 e. The van der Waals surface area contributed by atoms with Crippen molar-refractivity contribution in [3.8, 4) is 5.75 Å². The van der Waals surface area contributed by atoms with Crippen LogP contribution in [0.2, 0.25) is 0 Å². The molecule has 27 heavy (non-hydrogen) atoms. The lowest BCUT2D eigenvalue weighted by atomic mass is 10.1. The molecule has 1 aliphatic heterocycles. The molecule has 0 fully saturated rings. The van der Waals surface area contributed by atoms with E-state index < -0.39 is 27.6 Å². The number of hydrogen-bond donors (Lipinski definition) is 1.